The molecule has 3 fully saturated rings. The molecule has 0 aromatic rings. The third-order valence-corrected chi connectivity index (χ3v) is 6.65. The quantitative estimate of drug-likeness (QED) is 0.436. The number of likely N-dealkylation sites (tertiary alicyclic amines) is 1. The maximum absolute atomic E-state index is 11.8. The van der Waals surface area contributed by atoms with Crippen molar-refractivity contribution in [2.45, 2.75) is 57.4 Å². The van der Waals surface area contributed by atoms with Gasteiger partial charge in [-0.05, 0) is 32.6 Å². The Morgan fingerprint density at radius 3 is 2.43 bits per heavy atom. The van der Waals surface area contributed by atoms with Crippen LogP contribution in [0, 0.1) is 5.92 Å². The molecule has 1 saturated carbocycles. The number of nitrogens with zero attached hydrogens (tertiary/aromatic N) is 3. The number of guanidine groups is 1. The molecule has 0 spiro atoms. The van der Waals surface area contributed by atoms with Crippen LogP contribution in [0.1, 0.15) is 51.9 Å². The van der Waals surface area contributed by atoms with Gasteiger partial charge in [0, 0.05) is 38.3 Å². The van der Waals surface area contributed by atoms with Gasteiger partial charge in [-0.25, -0.2) is 0 Å². The van der Waals surface area contributed by atoms with Crippen LogP contribution in [0.15, 0.2) is 4.99 Å². The lowest BCUT2D eigenvalue weighted by Gasteiger charge is -2.47. The first kappa shape index (κ1) is 21.4. The van der Waals surface area contributed by atoms with Crippen LogP contribution in [0.25, 0.3) is 0 Å². The molecule has 1 aliphatic carbocycles. The molecule has 1 N–H and O–H groups in total. The number of rotatable bonds is 5. The summed E-state index contributed by atoms with van der Waals surface area (Å²) in [5.41, 5.74) is 0.188. The van der Waals surface area contributed by atoms with Gasteiger partial charge in [-0.3, -0.25) is 14.7 Å². The van der Waals surface area contributed by atoms with Gasteiger partial charge in [0.15, 0.2) is 5.96 Å². The van der Waals surface area contributed by atoms with Gasteiger partial charge in [-0.2, -0.15) is 0 Å². The second kappa shape index (κ2) is 10.4. The van der Waals surface area contributed by atoms with Crippen molar-refractivity contribution in [3.8, 4) is 0 Å². The van der Waals surface area contributed by atoms with Crippen molar-refractivity contribution >= 4 is 11.9 Å². The van der Waals surface area contributed by atoms with Gasteiger partial charge in [0.1, 0.15) is 0 Å². The van der Waals surface area contributed by atoms with Crippen molar-refractivity contribution in [2.24, 2.45) is 10.9 Å². The zero-order chi connectivity index (χ0) is 19.8. The Balaban J connectivity index is 1.67. The van der Waals surface area contributed by atoms with Crippen LogP contribution in [-0.2, 0) is 14.3 Å². The fourth-order valence-electron chi connectivity index (χ4n) is 4.96. The Morgan fingerprint density at radius 1 is 1.14 bits per heavy atom. The van der Waals surface area contributed by atoms with E-state index in [1.54, 1.807) is 0 Å². The zero-order valence-electron chi connectivity index (χ0n) is 17.8. The number of esters is 1. The second-order valence-corrected chi connectivity index (χ2v) is 8.34. The van der Waals surface area contributed by atoms with E-state index < -0.39 is 0 Å². The lowest BCUT2D eigenvalue weighted by molar-refractivity contribution is -0.146. The maximum atomic E-state index is 11.8. The molecule has 2 aliphatic heterocycles. The topological polar surface area (TPSA) is 66.4 Å². The summed E-state index contributed by atoms with van der Waals surface area (Å²) in [5.74, 6) is 0.959. The van der Waals surface area contributed by atoms with Crippen molar-refractivity contribution in [1.29, 1.82) is 0 Å². The number of methoxy groups -OCH3 is 1. The average molecular weight is 395 g/mol. The Hall–Kier alpha value is -1.34. The summed E-state index contributed by atoms with van der Waals surface area (Å²) in [6.07, 6.45) is 8.09. The van der Waals surface area contributed by atoms with Crippen molar-refractivity contribution in [2.75, 3.05) is 59.6 Å². The predicted molar refractivity (Wildman–Crippen MR) is 110 cm³/mol. The minimum absolute atomic E-state index is 0.0298. The molecule has 2 heterocycles. The minimum Gasteiger partial charge on any atom is -0.469 e. The minimum atomic E-state index is -0.0740. The smallest absolute Gasteiger partial charge is 0.308 e. The van der Waals surface area contributed by atoms with E-state index in [9.17, 15) is 4.79 Å². The molecule has 3 rings (SSSR count). The molecule has 0 bridgehead atoms. The normalized spacial score (nSPS) is 24.8. The number of carbonyl (C=O) groups excluding carboxylic acids is 1. The molecule has 0 amide bonds. The van der Waals surface area contributed by atoms with Crippen LogP contribution in [0.5, 0.6) is 0 Å². The van der Waals surface area contributed by atoms with E-state index in [1.165, 1.54) is 39.2 Å². The van der Waals surface area contributed by atoms with Crippen molar-refractivity contribution < 1.29 is 14.3 Å². The number of hydrogen-bond acceptors (Lipinski definition) is 5. The Morgan fingerprint density at radius 2 is 1.82 bits per heavy atom. The number of piperidine rings is 1. The predicted octanol–water partition coefficient (Wildman–Crippen LogP) is 1.87. The molecule has 2 saturated heterocycles. The molecular formula is C21H38N4O3. The van der Waals surface area contributed by atoms with E-state index in [4.69, 9.17) is 14.5 Å². The number of morpholine rings is 1. The Bertz CT molecular complexity index is 520. The fraction of sp³-hybridized carbons (Fsp3) is 0.905. The SMILES string of the molecule is CCNC(=NCC1(N2CCOCC2)CCCCC1)N1CCC(C(=O)OC)CC1. The first-order chi connectivity index (χ1) is 13.7. The van der Waals surface area contributed by atoms with Crippen LogP contribution in [0.2, 0.25) is 0 Å². The van der Waals surface area contributed by atoms with E-state index in [2.05, 4.69) is 22.0 Å². The third-order valence-electron chi connectivity index (χ3n) is 6.65. The molecule has 0 aromatic carbocycles. The zero-order valence-corrected chi connectivity index (χ0v) is 17.8. The summed E-state index contributed by atoms with van der Waals surface area (Å²) in [6, 6.07) is 0. The average Bonchev–Trinajstić information content (AvgIpc) is 2.77. The molecule has 3 aliphatic rings. The molecule has 0 atom stereocenters. The lowest BCUT2D eigenvalue weighted by atomic mass is 9.80. The van der Waals surface area contributed by atoms with E-state index in [0.717, 1.165) is 71.3 Å². The van der Waals surface area contributed by atoms with Crippen molar-refractivity contribution in [3.05, 3.63) is 0 Å². The van der Waals surface area contributed by atoms with Crippen LogP contribution >= 0.6 is 0 Å². The Kier molecular flexibility index (Phi) is 7.97. The largest absolute Gasteiger partial charge is 0.469 e. The van der Waals surface area contributed by atoms with Crippen molar-refractivity contribution in [1.82, 2.24) is 15.1 Å². The van der Waals surface area contributed by atoms with E-state index in [1.807, 2.05) is 0 Å². The Labute approximate surface area is 169 Å². The van der Waals surface area contributed by atoms with Crippen LogP contribution < -0.4 is 5.32 Å². The number of nitrogens with one attached hydrogen (secondary N) is 1. The number of carbonyl (C=O) groups is 1. The highest BCUT2D eigenvalue weighted by Gasteiger charge is 2.39. The van der Waals surface area contributed by atoms with Crippen LogP contribution in [-0.4, -0.2) is 86.9 Å². The molecular weight excluding hydrogens is 356 g/mol. The van der Waals surface area contributed by atoms with Gasteiger partial charge in [-0.1, -0.05) is 19.3 Å². The first-order valence-electron chi connectivity index (χ1n) is 11.1. The lowest BCUT2D eigenvalue weighted by Crippen LogP contribution is -2.57. The van der Waals surface area contributed by atoms with E-state index >= 15 is 0 Å². The summed E-state index contributed by atoms with van der Waals surface area (Å²) < 4.78 is 10.5. The fourth-order valence-corrected chi connectivity index (χ4v) is 4.96. The summed E-state index contributed by atoms with van der Waals surface area (Å²) >= 11 is 0. The standard InChI is InChI=1S/C21H38N4O3/c1-3-22-20(24-11-7-18(8-12-24)19(26)27-2)23-17-21(9-5-4-6-10-21)25-13-15-28-16-14-25/h18H,3-17H2,1-2H3,(H,22,23). The molecule has 0 unspecified atom stereocenters. The molecule has 160 valence electrons. The van der Waals surface area contributed by atoms with Crippen LogP contribution in [0.4, 0.5) is 0 Å². The second-order valence-electron chi connectivity index (χ2n) is 8.34. The monoisotopic (exact) mass is 394 g/mol. The maximum Gasteiger partial charge on any atom is 0.308 e. The summed E-state index contributed by atoms with van der Waals surface area (Å²) in [7, 11) is 1.48. The highest BCUT2D eigenvalue weighted by Crippen LogP contribution is 2.34. The van der Waals surface area contributed by atoms with Gasteiger partial charge in [-0.15, -0.1) is 0 Å². The van der Waals surface area contributed by atoms with Gasteiger partial charge in [0.2, 0.25) is 0 Å². The first-order valence-corrected chi connectivity index (χ1v) is 11.1. The molecule has 28 heavy (non-hydrogen) atoms. The van der Waals surface area contributed by atoms with Crippen LogP contribution in [0.3, 0.4) is 0 Å². The summed E-state index contributed by atoms with van der Waals surface area (Å²) in [6.45, 7) is 9.28. The highest BCUT2D eigenvalue weighted by atomic mass is 16.5. The molecule has 7 nitrogen and oxygen atoms in total. The number of aliphatic imine (C=N–C) groups is 1. The van der Waals surface area contributed by atoms with Gasteiger partial charge < -0.3 is 19.7 Å². The van der Waals surface area contributed by atoms with Gasteiger partial charge >= 0.3 is 5.97 Å². The third kappa shape index (κ3) is 5.17. The van der Waals surface area contributed by atoms with Gasteiger partial charge in [0.25, 0.3) is 0 Å². The molecule has 0 aromatic heterocycles. The number of ether oxygens (including phenoxy) is 2. The molecule has 0 radical (unpaired) electrons. The number of hydrogen-bond donors (Lipinski definition) is 1. The molecule has 7 heteroatoms. The van der Waals surface area contributed by atoms with Crippen molar-refractivity contribution in [3.63, 3.8) is 0 Å². The highest BCUT2D eigenvalue weighted by molar-refractivity contribution is 5.80. The van der Waals surface area contributed by atoms with E-state index in [-0.39, 0.29) is 17.4 Å². The summed E-state index contributed by atoms with van der Waals surface area (Å²) in [4.78, 5) is 21.9. The summed E-state index contributed by atoms with van der Waals surface area (Å²) in [5, 5.41) is 3.49. The van der Waals surface area contributed by atoms with E-state index in [0.29, 0.717) is 0 Å². The van der Waals surface area contributed by atoms with Gasteiger partial charge in [0.05, 0.1) is 32.8 Å².